The highest BCUT2D eigenvalue weighted by Crippen LogP contribution is 2.28. The van der Waals surface area contributed by atoms with Crippen LogP contribution in [0.4, 0.5) is 0 Å². The first-order valence-electron chi connectivity index (χ1n) is 8.83. The molecule has 1 N–H and O–H groups in total. The molecule has 1 atom stereocenters. The van der Waals surface area contributed by atoms with Gasteiger partial charge in [0, 0.05) is 13.0 Å². The summed E-state index contributed by atoms with van der Waals surface area (Å²) in [6.07, 6.45) is 2.99. The Hall–Kier alpha value is -2.07. The predicted octanol–water partition coefficient (Wildman–Crippen LogP) is 4.06. The van der Waals surface area contributed by atoms with Gasteiger partial charge in [-0.2, -0.15) is 0 Å². The topological polar surface area (TPSA) is 45.5 Å². The van der Waals surface area contributed by atoms with Crippen LogP contribution in [0.1, 0.15) is 49.6 Å². The molecule has 1 aromatic heterocycles. The lowest BCUT2D eigenvalue weighted by molar-refractivity contribution is -0.121. The molecule has 0 aliphatic rings. The van der Waals surface area contributed by atoms with Gasteiger partial charge in [0.05, 0.1) is 12.3 Å². The van der Waals surface area contributed by atoms with Gasteiger partial charge >= 0.3 is 0 Å². The lowest BCUT2D eigenvalue weighted by atomic mass is 9.80. The third-order valence-electron chi connectivity index (χ3n) is 4.80. The van der Waals surface area contributed by atoms with Crippen molar-refractivity contribution in [2.45, 2.75) is 45.1 Å². The number of carbonyl (C=O) groups is 1. The molecule has 0 saturated carbocycles. The molecule has 4 nitrogen and oxygen atoms in total. The number of carbonyl (C=O) groups excluding carboxylic acids is 1. The van der Waals surface area contributed by atoms with Crippen molar-refractivity contribution in [3.05, 3.63) is 59.5 Å². The highest BCUT2D eigenvalue weighted by Gasteiger charge is 2.22. The number of nitrogens with one attached hydrogen (secondary N) is 1. The number of likely N-dealkylation sites (N-methyl/N-ethyl adjacent to an activating group) is 1. The van der Waals surface area contributed by atoms with Gasteiger partial charge in [0.15, 0.2) is 0 Å². The number of nitrogens with zero attached hydrogens (tertiary/aromatic N) is 1. The minimum absolute atomic E-state index is 0.0208. The molecule has 0 aliphatic heterocycles. The fourth-order valence-corrected chi connectivity index (χ4v) is 2.89. The third-order valence-corrected chi connectivity index (χ3v) is 4.80. The van der Waals surface area contributed by atoms with Gasteiger partial charge in [-0.3, -0.25) is 9.69 Å². The fraction of sp³-hybridized carbons (Fsp3) is 0.476. The Labute approximate surface area is 151 Å². The van der Waals surface area contributed by atoms with E-state index >= 15 is 0 Å². The molecule has 0 aliphatic carbocycles. The van der Waals surface area contributed by atoms with Crippen LogP contribution in [-0.4, -0.2) is 31.4 Å². The first-order valence-corrected chi connectivity index (χ1v) is 8.83. The second-order valence-corrected chi connectivity index (χ2v) is 7.55. The molecule has 0 saturated heterocycles. The number of aryl methyl sites for hydroxylation is 1. The molecule has 0 fully saturated rings. The summed E-state index contributed by atoms with van der Waals surface area (Å²) in [4.78, 5) is 14.4. The van der Waals surface area contributed by atoms with Gasteiger partial charge in [0.1, 0.15) is 5.76 Å². The van der Waals surface area contributed by atoms with E-state index in [9.17, 15) is 4.79 Å². The molecule has 1 aromatic carbocycles. The fourth-order valence-electron chi connectivity index (χ4n) is 2.89. The molecule has 1 amide bonds. The number of benzene rings is 1. The summed E-state index contributed by atoms with van der Waals surface area (Å²) in [6.45, 7) is 7.02. The molecule has 136 valence electrons. The second-order valence-electron chi connectivity index (χ2n) is 7.55. The van der Waals surface area contributed by atoms with E-state index in [4.69, 9.17) is 4.42 Å². The van der Waals surface area contributed by atoms with Crippen molar-refractivity contribution in [2.75, 3.05) is 20.6 Å². The summed E-state index contributed by atoms with van der Waals surface area (Å²) in [6, 6.07) is 12.4. The Morgan fingerprint density at radius 2 is 1.88 bits per heavy atom. The zero-order valence-corrected chi connectivity index (χ0v) is 16.0. The SMILES string of the molecule is Cc1ccc(C(C)(C)CCC(=O)NCC(c2ccco2)N(C)C)cc1. The van der Waals surface area contributed by atoms with Crippen LogP contribution in [0.25, 0.3) is 0 Å². The van der Waals surface area contributed by atoms with E-state index in [-0.39, 0.29) is 17.4 Å². The summed E-state index contributed by atoms with van der Waals surface area (Å²) in [5.74, 6) is 0.948. The quantitative estimate of drug-likeness (QED) is 0.787. The molecule has 4 heteroatoms. The van der Waals surface area contributed by atoms with Gasteiger partial charge in [0.25, 0.3) is 0 Å². The molecule has 0 spiro atoms. The zero-order valence-electron chi connectivity index (χ0n) is 16.0. The van der Waals surface area contributed by atoms with Crippen molar-refractivity contribution in [1.82, 2.24) is 10.2 Å². The van der Waals surface area contributed by atoms with Crippen LogP contribution in [0.2, 0.25) is 0 Å². The minimum atomic E-state index is -0.0208. The smallest absolute Gasteiger partial charge is 0.220 e. The van der Waals surface area contributed by atoms with Crippen LogP contribution >= 0.6 is 0 Å². The van der Waals surface area contributed by atoms with Crippen LogP contribution in [0, 0.1) is 6.92 Å². The lowest BCUT2D eigenvalue weighted by Crippen LogP contribution is -2.35. The van der Waals surface area contributed by atoms with E-state index in [1.165, 1.54) is 11.1 Å². The maximum atomic E-state index is 12.3. The molecule has 2 aromatic rings. The number of amides is 1. The van der Waals surface area contributed by atoms with Gasteiger partial charge in [-0.25, -0.2) is 0 Å². The molecular formula is C21H30N2O2. The molecule has 1 unspecified atom stereocenters. The van der Waals surface area contributed by atoms with E-state index in [0.29, 0.717) is 13.0 Å². The highest BCUT2D eigenvalue weighted by molar-refractivity contribution is 5.76. The maximum Gasteiger partial charge on any atom is 0.220 e. The van der Waals surface area contributed by atoms with Crippen molar-refractivity contribution >= 4 is 5.91 Å². The van der Waals surface area contributed by atoms with Gasteiger partial charge in [0.2, 0.25) is 5.91 Å². The van der Waals surface area contributed by atoms with Gasteiger partial charge in [-0.15, -0.1) is 0 Å². The first-order chi connectivity index (χ1) is 11.8. The van der Waals surface area contributed by atoms with Crippen LogP contribution in [0.3, 0.4) is 0 Å². The number of hydrogen-bond donors (Lipinski definition) is 1. The molecule has 1 heterocycles. The van der Waals surface area contributed by atoms with E-state index < -0.39 is 0 Å². The zero-order chi connectivity index (χ0) is 18.4. The van der Waals surface area contributed by atoms with Crippen molar-refractivity contribution in [3.8, 4) is 0 Å². The number of furan rings is 1. The van der Waals surface area contributed by atoms with Crippen molar-refractivity contribution < 1.29 is 9.21 Å². The van der Waals surface area contributed by atoms with E-state index in [1.807, 2.05) is 26.2 Å². The monoisotopic (exact) mass is 342 g/mol. The summed E-state index contributed by atoms with van der Waals surface area (Å²) < 4.78 is 5.48. The average molecular weight is 342 g/mol. The molecule has 0 radical (unpaired) electrons. The minimum Gasteiger partial charge on any atom is -0.468 e. The van der Waals surface area contributed by atoms with Crippen LogP contribution in [0.15, 0.2) is 47.1 Å². The van der Waals surface area contributed by atoms with Crippen molar-refractivity contribution in [2.24, 2.45) is 0 Å². The number of hydrogen-bond acceptors (Lipinski definition) is 3. The maximum absolute atomic E-state index is 12.3. The lowest BCUT2D eigenvalue weighted by Gasteiger charge is -2.26. The summed E-state index contributed by atoms with van der Waals surface area (Å²) in [5.41, 5.74) is 2.50. The largest absolute Gasteiger partial charge is 0.468 e. The summed E-state index contributed by atoms with van der Waals surface area (Å²) in [5, 5.41) is 3.04. The Morgan fingerprint density at radius 1 is 1.20 bits per heavy atom. The average Bonchev–Trinajstić information content (AvgIpc) is 3.07. The van der Waals surface area contributed by atoms with Crippen LogP contribution in [0.5, 0.6) is 0 Å². The van der Waals surface area contributed by atoms with Gasteiger partial charge in [-0.05, 0) is 50.6 Å². The Balaban J connectivity index is 1.86. The molecule has 25 heavy (non-hydrogen) atoms. The van der Waals surface area contributed by atoms with E-state index in [0.717, 1.165) is 12.2 Å². The van der Waals surface area contributed by atoms with E-state index in [2.05, 4.69) is 55.3 Å². The van der Waals surface area contributed by atoms with Gasteiger partial charge in [-0.1, -0.05) is 43.7 Å². The first kappa shape index (κ1) is 19.3. The molecular weight excluding hydrogens is 312 g/mol. The number of rotatable bonds is 8. The molecule has 0 bridgehead atoms. The summed E-state index contributed by atoms with van der Waals surface area (Å²) in [7, 11) is 3.97. The highest BCUT2D eigenvalue weighted by atomic mass is 16.3. The normalized spacial score (nSPS) is 13.0. The van der Waals surface area contributed by atoms with Crippen LogP contribution < -0.4 is 5.32 Å². The molecule has 2 rings (SSSR count). The Kier molecular flexibility index (Phi) is 6.43. The summed E-state index contributed by atoms with van der Waals surface area (Å²) >= 11 is 0. The Morgan fingerprint density at radius 3 is 2.44 bits per heavy atom. The van der Waals surface area contributed by atoms with Crippen molar-refractivity contribution in [3.63, 3.8) is 0 Å². The predicted molar refractivity (Wildman–Crippen MR) is 102 cm³/mol. The van der Waals surface area contributed by atoms with Crippen LogP contribution in [-0.2, 0) is 10.2 Å². The Bertz CT molecular complexity index is 658. The van der Waals surface area contributed by atoms with Gasteiger partial charge < -0.3 is 9.73 Å². The third kappa shape index (κ3) is 5.46. The van der Waals surface area contributed by atoms with E-state index in [1.54, 1.807) is 6.26 Å². The van der Waals surface area contributed by atoms with Crippen molar-refractivity contribution in [1.29, 1.82) is 0 Å². The second kappa shape index (κ2) is 8.34. The standard InChI is InChI=1S/C21H30N2O2/c1-16-8-10-17(11-9-16)21(2,3)13-12-20(24)22-15-18(23(4)5)19-7-6-14-25-19/h6-11,14,18H,12-13,15H2,1-5H3,(H,22,24).